The second-order valence-corrected chi connectivity index (χ2v) is 5.77. The summed E-state index contributed by atoms with van der Waals surface area (Å²) in [7, 11) is 1.32. The van der Waals surface area contributed by atoms with E-state index in [1.54, 1.807) is 13.0 Å². The van der Waals surface area contributed by atoms with Gasteiger partial charge in [-0.2, -0.15) is 4.39 Å². The highest BCUT2D eigenvalue weighted by Crippen LogP contribution is 2.25. The van der Waals surface area contributed by atoms with Crippen LogP contribution in [0.4, 0.5) is 10.1 Å². The van der Waals surface area contributed by atoms with E-state index in [0.29, 0.717) is 22.7 Å². The lowest BCUT2D eigenvalue weighted by Gasteiger charge is -2.13. The lowest BCUT2D eigenvalue weighted by atomic mass is 10.1. The fraction of sp³-hybridized carbons (Fsp3) is 0.294. The Kier molecular flexibility index (Phi) is 6.03. The van der Waals surface area contributed by atoms with E-state index >= 15 is 0 Å². The van der Waals surface area contributed by atoms with Gasteiger partial charge in [-0.1, -0.05) is 11.6 Å². The number of ether oxygens (including phenoxy) is 1. The van der Waals surface area contributed by atoms with Crippen LogP contribution in [0.5, 0.6) is 5.88 Å². The highest BCUT2D eigenvalue weighted by Gasteiger charge is 2.16. The van der Waals surface area contributed by atoms with Crippen LogP contribution in [0.3, 0.4) is 0 Å². The first kappa shape index (κ1) is 18.8. The molecule has 0 aliphatic carbocycles. The second-order valence-electron chi connectivity index (χ2n) is 5.33. The molecule has 1 amide bonds. The van der Waals surface area contributed by atoms with E-state index in [4.69, 9.17) is 16.3 Å². The van der Waals surface area contributed by atoms with Crippen LogP contribution in [0.2, 0.25) is 5.02 Å². The summed E-state index contributed by atoms with van der Waals surface area (Å²) < 4.78 is 18.7. The van der Waals surface area contributed by atoms with Crippen LogP contribution in [0, 0.1) is 12.9 Å². The van der Waals surface area contributed by atoms with Gasteiger partial charge >= 0.3 is 0 Å². The molecule has 0 atom stereocenters. The molecule has 0 fully saturated rings. The van der Waals surface area contributed by atoms with Crippen molar-refractivity contribution >= 4 is 23.2 Å². The first-order valence-electron chi connectivity index (χ1n) is 7.65. The Morgan fingerprint density at radius 2 is 2.08 bits per heavy atom. The Hall–Kier alpha value is -2.54. The predicted molar refractivity (Wildman–Crippen MR) is 95.1 cm³/mol. The summed E-state index contributed by atoms with van der Waals surface area (Å²) in [6, 6.07) is 4.38. The van der Waals surface area contributed by atoms with E-state index in [0.717, 1.165) is 11.8 Å². The second kappa shape index (κ2) is 8.02. The van der Waals surface area contributed by atoms with E-state index in [1.807, 2.05) is 6.92 Å². The largest absolute Gasteiger partial charge is 0.482 e. The maximum Gasteiger partial charge on any atom is 0.251 e. The zero-order chi connectivity index (χ0) is 18.6. The van der Waals surface area contributed by atoms with Gasteiger partial charge in [-0.25, -0.2) is 0 Å². The summed E-state index contributed by atoms with van der Waals surface area (Å²) in [5, 5.41) is 6.07. The van der Waals surface area contributed by atoms with Crippen molar-refractivity contribution in [2.24, 2.45) is 0 Å². The van der Waals surface area contributed by atoms with Crippen molar-refractivity contribution in [2.75, 3.05) is 19.0 Å². The van der Waals surface area contributed by atoms with Crippen molar-refractivity contribution in [1.82, 2.24) is 10.3 Å². The number of aromatic amines is 1. The van der Waals surface area contributed by atoms with E-state index in [1.165, 1.54) is 13.2 Å². The van der Waals surface area contributed by atoms with E-state index in [9.17, 15) is 14.0 Å². The van der Waals surface area contributed by atoms with Gasteiger partial charge in [0.05, 0.1) is 19.2 Å². The molecular formula is C17H19ClFN3O3. The minimum Gasteiger partial charge on any atom is -0.482 e. The molecule has 0 unspecified atom stereocenters. The van der Waals surface area contributed by atoms with Crippen molar-refractivity contribution in [3.8, 4) is 5.88 Å². The lowest BCUT2D eigenvalue weighted by Crippen LogP contribution is -2.28. The molecule has 1 aromatic heterocycles. The van der Waals surface area contributed by atoms with Gasteiger partial charge in [0.1, 0.15) is 0 Å². The third-order valence-electron chi connectivity index (χ3n) is 3.69. The zero-order valence-corrected chi connectivity index (χ0v) is 14.9. The molecule has 0 aliphatic rings. The number of amides is 1. The summed E-state index contributed by atoms with van der Waals surface area (Å²) in [5.41, 5.74) is 1.07. The van der Waals surface area contributed by atoms with Crippen molar-refractivity contribution < 1.29 is 13.9 Å². The average molecular weight is 368 g/mol. The van der Waals surface area contributed by atoms with Gasteiger partial charge in [-0.3, -0.25) is 9.59 Å². The van der Waals surface area contributed by atoms with Crippen LogP contribution in [0.15, 0.2) is 23.0 Å². The Bertz CT molecular complexity index is 852. The molecule has 0 spiro atoms. The molecular weight excluding hydrogens is 349 g/mol. The number of benzene rings is 1. The Morgan fingerprint density at radius 3 is 2.68 bits per heavy atom. The Labute approximate surface area is 149 Å². The van der Waals surface area contributed by atoms with Gasteiger partial charge in [-0.05, 0) is 31.5 Å². The van der Waals surface area contributed by atoms with Gasteiger partial charge < -0.3 is 20.4 Å². The van der Waals surface area contributed by atoms with E-state index in [-0.39, 0.29) is 18.0 Å². The number of aromatic nitrogens is 1. The topological polar surface area (TPSA) is 83.2 Å². The number of pyridine rings is 1. The molecule has 0 aliphatic heterocycles. The third-order valence-corrected chi connectivity index (χ3v) is 3.91. The van der Waals surface area contributed by atoms with Gasteiger partial charge in [0, 0.05) is 28.9 Å². The number of H-pyrrole nitrogens is 1. The minimum atomic E-state index is -0.846. The first-order valence-corrected chi connectivity index (χ1v) is 8.03. The summed E-state index contributed by atoms with van der Waals surface area (Å²) in [6.07, 6.45) is 0. The van der Waals surface area contributed by atoms with E-state index in [2.05, 4.69) is 15.6 Å². The number of methoxy groups -OCH3 is 1. The van der Waals surface area contributed by atoms with Gasteiger partial charge in [0.15, 0.2) is 11.3 Å². The standard InChI is InChI=1S/C17H19ClFN3O3/c1-4-20-13-6-10(18)5-11(9(13)2)17(24)21-8-12-14(23)7-15(25-3)22-16(12)19/h5-7,20H,4,8H2,1-3H3,(H,21,24)(H,22,23). The summed E-state index contributed by atoms with van der Waals surface area (Å²) in [6.45, 7) is 4.13. The molecule has 0 saturated carbocycles. The monoisotopic (exact) mass is 367 g/mol. The van der Waals surface area contributed by atoms with Crippen molar-refractivity contribution in [1.29, 1.82) is 0 Å². The third kappa shape index (κ3) is 4.30. The fourth-order valence-electron chi connectivity index (χ4n) is 2.36. The quantitative estimate of drug-likeness (QED) is 0.685. The predicted octanol–water partition coefficient (Wildman–Crippen LogP) is 2.85. The van der Waals surface area contributed by atoms with Crippen molar-refractivity contribution in [3.63, 3.8) is 0 Å². The molecule has 3 N–H and O–H groups in total. The summed E-state index contributed by atoms with van der Waals surface area (Å²) >= 11 is 6.05. The van der Waals surface area contributed by atoms with Crippen LogP contribution < -0.4 is 20.8 Å². The molecule has 2 rings (SSSR count). The van der Waals surface area contributed by atoms with Crippen LogP contribution >= 0.6 is 11.6 Å². The van der Waals surface area contributed by atoms with Crippen molar-refractivity contribution in [3.05, 3.63) is 56.1 Å². The number of nitrogens with one attached hydrogen (secondary N) is 3. The number of halogens is 2. The minimum absolute atomic E-state index is 0.0125. The van der Waals surface area contributed by atoms with Crippen LogP contribution in [-0.2, 0) is 6.54 Å². The van der Waals surface area contributed by atoms with Gasteiger partial charge in [0.25, 0.3) is 5.91 Å². The molecule has 0 radical (unpaired) electrons. The van der Waals surface area contributed by atoms with Gasteiger partial charge in [-0.15, -0.1) is 0 Å². The maximum atomic E-state index is 13.9. The normalized spacial score (nSPS) is 10.4. The highest BCUT2D eigenvalue weighted by atomic mass is 35.5. The number of hydrogen-bond acceptors (Lipinski definition) is 4. The molecule has 1 heterocycles. The molecule has 2 aromatic rings. The van der Waals surface area contributed by atoms with Gasteiger partial charge in [0.2, 0.25) is 5.95 Å². The van der Waals surface area contributed by atoms with Crippen LogP contribution in [0.1, 0.15) is 28.4 Å². The lowest BCUT2D eigenvalue weighted by molar-refractivity contribution is 0.0950. The highest BCUT2D eigenvalue weighted by molar-refractivity contribution is 6.31. The first-order chi connectivity index (χ1) is 11.9. The summed E-state index contributed by atoms with van der Waals surface area (Å²) in [5.74, 6) is -1.28. The molecule has 25 heavy (non-hydrogen) atoms. The average Bonchev–Trinajstić information content (AvgIpc) is 2.56. The number of carbonyl (C=O) groups is 1. The molecule has 1 aromatic carbocycles. The molecule has 134 valence electrons. The molecule has 6 nitrogen and oxygen atoms in total. The smallest absolute Gasteiger partial charge is 0.251 e. The SMILES string of the molecule is CCNc1cc(Cl)cc(C(=O)NCc2c(F)[nH]c(OC)cc2=O)c1C. The molecule has 0 bridgehead atoms. The van der Waals surface area contributed by atoms with Crippen LogP contribution in [-0.4, -0.2) is 24.5 Å². The van der Waals surface area contributed by atoms with E-state index < -0.39 is 17.3 Å². The Balaban J connectivity index is 2.23. The van der Waals surface area contributed by atoms with Crippen LogP contribution in [0.25, 0.3) is 0 Å². The number of rotatable bonds is 6. The van der Waals surface area contributed by atoms with Crippen molar-refractivity contribution in [2.45, 2.75) is 20.4 Å². The molecule has 0 saturated heterocycles. The number of carbonyl (C=O) groups excluding carboxylic acids is 1. The number of hydrogen-bond donors (Lipinski definition) is 3. The maximum absolute atomic E-state index is 13.9. The molecule has 8 heteroatoms. The number of anilines is 1. The fourth-order valence-corrected chi connectivity index (χ4v) is 2.58. The Morgan fingerprint density at radius 1 is 1.36 bits per heavy atom. The zero-order valence-electron chi connectivity index (χ0n) is 14.1. The summed E-state index contributed by atoms with van der Waals surface area (Å²) in [4.78, 5) is 26.6.